The molecule has 0 spiro atoms. The van der Waals surface area contributed by atoms with E-state index in [0.717, 1.165) is 0 Å². The SMILES string of the molecule is COC(=O)CCBr.COC(=O)CCO[N+](=O)[O-].O=[N+]([O-])O.[Ag]. The van der Waals surface area contributed by atoms with Gasteiger partial charge in [0.1, 0.15) is 6.61 Å². The Morgan fingerprint density at radius 3 is 1.68 bits per heavy atom. The quantitative estimate of drug-likeness (QED) is 0.182. The van der Waals surface area contributed by atoms with E-state index in [-0.39, 0.29) is 41.4 Å². The average molecular weight is 487 g/mol. The first-order chi connectivity index (χ1) is 9.70. The Bertz CT molecular complexity index is 326. The first kappa shape index (κ1) is 28.7. The number of halogens is 1. The molecule has 14 heteroatoms. The molecule has 22 heavy (non-hydrogen) atoms. The van der Waals surface area contributed by atoms with E-state index in [9.17, 15) is 19.7 Å². The molecule has 0 aliphatic carbocycles. The molecule has 1 radical (unpaired) electrons. The molecule has 0 saturated carbocycles. The summed E-state index contributed by atoms with van der Waals surface area (Å²) in [6, 6.07) is 0. The van der Waals surface area contributed by atoms with E-state index < -0.39 is 16.1 Å². The van der Waals surface area contributed by atoms with Crippen LogP contribution in [0.4, 0.5) is 0 Å². The Balaban J connectivity index is -0.000000118. The maximum absolute atomic E-state index is 10.3. The Morgan fingerprint density at radius 1 is 1.09 bits per heavy atom. The number of rotatable bonds is 6. The number of esters is 2. The fraction of sp³-hybridized carbons (Fsp3) is 0.750. The predicted molar refractivity (Wildman–Crippen MR) is 68.8 cm³/mol. The summed E-state index contributed by atoms with van der Waals surface area (Å²) in [5, 5.41) is 22.9. The standard InChI is InChI=1S/C4H7BrO2.C4H7NO5.Ag.HNO3/c1-7-4(6)2-3-5;1-9-4(6)2-3-10-5(7)8;;2-1(3)4/h2-3H2,1H3;2-3H2,1H3;;(H,2,3,4). The number of alkyl halides is 1. The molecule has 0 aromatic heterocycles. The van der Waals surface area contributed by atoms with Gasteiger partial charge in [-0.2, -0.15) is 0 Å². The number of carbonyl (C=O) groups excluding carboxylic acids is 2. The molecule has 0 rings (SSSR count). The second-order valence-corrected chi connectivity index (χ2v) is 3.43. The van der Waals surface area contributed by atoms with Gasteiger partial charge >= 0.3 is 11.9 Å². The van der Waals surface area contributed by atoms with Crippen LogP contribution >= 0.6 is 15.9 Å². The van der Waals surface area contributed by atoms with Gasteiger partial charge in [0.05, 0.1) is 27.1 Å². The first-order valence-electron chi connectivity index (χ1n) is 5.01. The maximum atomic E-state index is 10.3. The van der Waals surface area contributed by atoms with E-state index in [1.54, 1.807) is 0 Å². The molecule has 0 amide bonds. The second-order valence-electron chi connectivity index (χ2n) is 2.64. The third-order valence-electron chi connectivity index (χ3n) is 1.26. The topological polar surface area (TPSA) is 168 Å². The molecule has 135 valence electrons. The van der Waals surface area contributed by atoms with Crippen LogP contribution in [0.3, 0.4) is 0 Å². The summed E-state index contributed by atoms with van der Waals surface area (Å²) < 4.78 is 8.51. The molecule has 0 saturated heterocycles. The molecular formula is C8H15AgBrN2O10. The summed E-state index contributed by atoms with van der Waals surface area (Å²) in [5.74, 6) is -0.696. The van der Waals surface area contributed by atoms with Gasteiger partial charge in [-0.3, -0.25) is 9.59 Å². The van der Waals surface area contributed by atoms with Crippen molar-refractivity contribution in [1.82, 2.24) is 0 Å². The van der Waals surface area contributed by atoms with Gasteiger partial charge in [0.25, 0.3) is 10.2 Å². The smallest absolute Gasteiger partial charge is 0.307 e. The van der Waals surface area contributed by atoms with Gasteiger partial charge < -0.3 is 19.5 Å². The third kappa shape index (κ3) is 42.8. The van der Waals surface area contributed by atoms with Crippen LogP contribution in [0.2, 0.25) is 0 Å². The fourth-order valence-corrected chi connectivity index (χ4v) is 0.809. The normalized spacial score (nSPS) is 7.59. The summed E-state index contributed by atoms with van der Waals surface area (Å²) in [4.78, 5) is 42.1. The van der Waals surface area contributed by atoms with E-state index in [1.165, 1.54) is 14.2 Å². The molecule has 0 fully saturated rings. The number of nitrogens with zero attached hydrogens (tertiary/aromatic N) is 2. The number of hydrogen-bond acceptors (Lipinski definition) is 9. The monoisotopic (exact) mass is 485 g/mol. The van der Waals surface area contributed by atoms with Crippen molar-refractivity contribution in [3.05, 3.63) is 20.2 Å². The maximum Gasteiger partial charge on any atom is 0.307 e. The second kappa shape index (κ2) is 21.9. The van der Waals surface area contributed by atoms with Gasteiger partial charge in [-0.1, -0.05) is 15.9 Å². The van der Waals surface area contributed by atoms with E-state index >= 15 is 0 Å². The molecule has 0 bridgehead atoms. The number of ether oxygens (including phenoxy) is 2. The zero-order valence-electron chi connectivity index (χ0n) is 11.5. The average Bonchev–Trinajstić information content (AvgIpc) is 2.38. The first-order valence-corrected chi connectivity index (χ1v) is 6.13. The Kier molecular flexibility index (Phi) is 28.5. The van der Waals surface area contributed by atoms with Crippen LogP contribution in [0.1, 0.15) is 12.8 Å². The molecule has 0 aliphatic rings. The van der Waals surface area contributed by atoms with Crippen molar-refractivity contribution in [2.24, 2.45) is 0 Å². The Morgan fingerprint density at radius 2 is 1.45 bits per heavy atom. The van der Waals surface area contributed by atoms with Crippen LogP contribution in [0.15, 0.2) is 0 Å². The minimum absolute atomic E-state index is 0. The van der Waals surface area contributed by atoms with Crippen molar-refractivity contribution in [3.63, 3.8) is 0 Å². The van der Waals surface area contributed by atoms with Crippen molar-refractivity contribution in [1.29, 1.82) is 0 Å². The summed E-state index contributed by atoms with van der Waals surface area (Å²) in [6.45, 7) is -0.250. The van der Waals surface area contributed by atoms with E-state index in [1.807, 2.05) is 0 Å². The van der Waals surface area contributed by atoms with Crippen LogP contribution in [0.5, 0.6) is 0 Å². The van der Waals surface area contributed by atoms with Gasteiger partial charge in [-0.25, -0.2) is 0 Å². The molecule has 0 heterocycles. The molecule has 0 atom stereocenters. The van der Waals surface area contributed by atoms with Crippen molar-refractivity contribution in [3.8, 4) is 0 Å². The fourth-order valence-electron chi connectivity index (χ4n) is 0.485. The van der Waals surface area contributed by atoms with Gasteiger partial charge in [0.15, 0.2) is 0 Å². The van der Waals surface area contributed by atoms with Gasteiger partial charge in [0.2, 0.25) is 0 Å². The van der Waals surface area contributed by atoms with E-state index in [0.29, 0.717) is 11.8 Å². The van der Waals surface area contributed by atoms with Crippen LogP contribution in [0.25, 0.3) is 0 Å². The van der Waals surface area contributed by atoms with Crippen molar-refractivity contribution >= 4 is 27.9 Å². The molecule has 12 nitrogen and oxygen atoms in total. The van der Waals surface area contributed by atoms with Crippen molar-refractivity contribution in [2.75, 3.05) is 26.2 Å². The molecule has 1 N–H and O–H groups in total. The molecular weight excluding hydrogens is 472 g/mol. The van der Waals surface area contributed by atoms with Crippen molar-refractivity contribution < 1.29 is 61.7 Å². The predicted octanol–water partition coefficient (Wildman–Crippen LogP) is 0.352. The summed E-state index contributed by atoms with van der Waals surface area (Å²) in [5.41, 5.74) is 0. The van der Waals surface area contributed by atoms with Crippen LogP contribution in [-0.4, -0.2) is 53.5 Å². The van der Waals surface area contributed by atoms with Gasteiger partial charge in [-0.15, -0.1) is 20.2 Å². The summed E-state index contributed by atoms with van der Waals surface area (Å²) in [7, 11) is 2.58. The van der Waals surface area contributed by atoms with Gasteiger partial charge in [0, 0.05) is 27.7 Å². The van der Waals surface area contributed by atoms with Crippen LogP contribution < -0.4 is 0 Å². The minimum Gasteiger partial charge on any atom is -0.469 e. The molecule has 0 aromatic carbocycles. The number of carbonyl (C=O) groups is 2. The Labute approximate surface area is 148 Å². The number of hydrogen-bond donors (Lipinski definition) is 1. The van der Waals surface area contributed by atoms with Crippen molar-refractivity contribution in [2.45, 2.75) is 12.8 Å². The molecule has 0 aliphatic heterocycles. The number of methoxy groups -OCH3 is 2. The zero-order chi connectivity index (χ0) is 17.3. The minimum atomic E-state index is -1.50. The summed E-state index contributed by atoms with van der Waals surface area (Å²) in [6.07, 6.45) is 0.355. The largest absolute Gasteiger partial charge is 0.469 e. The van der Waals surface area contributed by atoms with Crippen LogP contribution in [-0.2, 0) is 46.3 Å². The van der Waals surface area contributed by atoms with E-state index in [2.05, 4.69) is 30.2 Å². The summed E-state index contributed by atoms with van der Waals surface area (Å²) >= 11 is 3.09. The van der Waals surface area contributed by atoms with E-state index in [4.69, 9.17) is 15.3 Å². The third-order valence-corrected chi connectivity index (χ3v) is 1.65. The molecule has 0 aromatic rings. The van der Waals surface area contributed by atoms with Crippen LogP contribution in [0, 0.1) is 20.2 Å². The zero-order valence-corrected chi connectivity index (χ0v) is 14.6. The Hall–Kier alpha value is -1.44. The molecule has 0 unspecified atom stereocenters. The van der Waals surface area contributed by atoms with Gasteiger partial charge in [-0.05, 0) is 0 Å².